The molecule has 4 rings (SSSR count). The van der Waals surface area contributed by atoms with Crippen LogP contribution in [-0.4, -0.2) is 12.0 Å². The van der Waals surface area contributed by atoms with Crippen molar-refractivity contribution in [1.82, 2.24) is 0 Å². The molecule has 1 aromatic heterocycles. The van der Waals surface area contributed by atoms with Gasteiger partial charge in [0.05, 0.1) is 17.4 Å². The van der Waals surface area contributed by atoms with Crippen LogP contribution in [0.5, 0.6) is 11.5 Å². The molecule has 0 N–H and O–H groups in total. The summed E-state index contributed by atoms with van der Waals surface area (Å²) in [5.41, 5.74) is 2.46. The van der Waals surface area contributed by atoms with Crippen molar-refractivity contribution in [1.29, 1.82) is 0 Å². The van der Waals surface area contributed by atoms with Gasteiger partial charge in [-0.15, -0.1) is 0 Å². The van der Waals surface area contributed by atoms with Crippen molar-refractivity contribution in [2.45, 2.75) is 13.5 Å². The van der Waals surface area contributed by atoms with E-state index >= 15 is 0 Å². The highest BCUT2D eigenvalue weighted by Crippen LogP contribution is 2.32. The van der Waals surface area contributed by atoms with E-state index in [2.05, 4.69) is 0 Å². The maximum absolute atomic E-state index is 13.3. The van der Waals surface area contributed by atoms with Crippen LogP contribution >= 0.6 is 0 Å². The average Bonchev–Trinajstić information content (AvgIpc) is 2.79. The molecule has 0 aliphatic rings. The Morgan fingerprint density at radius 1 is 1.00 bits per heavy atom. The summed E-state index contributed by atoms with van der Waals surface area (Å²) in [6.07, 6.45) is 0. The second-order valence-electron chi connectivity index (χ2n) is 7.03. The molecule has 0 aliphatic heterocycles. The third kappa shape index (κ3) is 4.11. The number of nitro benzene ring substituents is 1. The molecule has 0 saturated heterocycles. The molecule has 0 radical (unpaired) electrons. The third-order valence-electron chi connectivity index (χ3n) is 4.89. The molecule has 0 fully saturated rings. The lowest BCUT2D eigenvalue weighted by atomic mass is 10.1. The number of hydrogen-bond donors (Lipinski definition) is 0. The van der Waals surface area contributed by atoms with Crippen LogP contribution in [0.4, 0.5) is 5.69 Å². The van der Waals surface area contributed by atoms with Crippen molar-refractivity contribution in [2.75, 3.05) is 7.11 Å². The number of aryl methyl sites for hydroxylation is 1. The first kappa shape index (κ1) is 20.2. The van der Waals surface area contributed by atoms with Crippen molar-refractivity contribution in [3.8, 4) is 22.8 Å². The summed E-state index contributed by atoms with van der Waals surface area (Å²) in [5.74, 6) is 1.07. The van der Waals surface area contributed by atoms with Crippen LogP contribution in [0.15, 0.2) is 75.9 Å². The van der Waals surface area contributed by atoms with Crippen molar-refractivity contribution in [2.24, 2.45) is 0 Å². The zero-order valence-corrected chi connectivity index (χ0v) is 17.0. The largest absolute Gasteiger partial charge is 0.497 e. The quantitative estimate of drug-likeness (QED) is 0.314. The fourth-order valence-corrected chi connectivity index (χ4v) is 3.22. The van der Waals surface area contributed by atoms with Crippen LogP contribution in [-0.2, 0) is 6.61 Å². The summed E-state index contributed by atoms with van der Waals surface area (Å²) < 4.78 is 17.2. The topological polar surface area (TPSA) is 91.8 Å². The van der Waals surface area contributed by atoms with Gasteiger partial charge in [-0.2, -0.15) is 0 Å². The molecule has 0 bridgehead atoms. The molecule has 4 aromatic rings. The van der Waals surface area contributed by atoms with Crippen molar-refractivity contribution < 1.29 is 18.8 Å². The van der Waals surface area contributed by atoms with Gasteiger partial charge in [0.25, 0.3) is 5.69 Å². The van der Waals surface area contributed by atoms with Gasteiger partial charge in [0, 0.05) is 17.7 Å². The lowest BCUT2D eigenvalue weighted by Crippen LogP contribution is -2.10. The van der Waals surface area contributed by atoms with Gasteiger partial charge in [-0.05, 0) is 61.0 Å². The number of hydrogen-bond acceptors (Lipinski definition) is 6. The van der Waals surface area contributed by atoms with Crippen LogP contribution < -0.4 is 14.9 Å². The van der Waals surface area contributed by atoms with Crippen LogP contribution in [0.3, 0.4) is 0 Å². The number of methoxy groups -OCH3 is 1. The van der Waals surface area contributed by atoms with E-state index in [9.17, 15) is 14.9 Å². The molecule has 3 aromatic carbocycles. The minimum absolute atomic E-state index is 0.0108. The number of nitrogens with zero attached hydrogens (tertiary/aromatic N) is 1. The minimum atomic E-state index is -0.466. The van der Waals surface area contributed by atoms with Crippen LogP contribution in [0.2, 0.25) is 0 Å². The van der Waals surface area contributed by atoms with Gasteiger partial charge in [-0.3, -0.25) is 14.9 Å². The zero-order chi connectivity index (χ0) is 22.0. The minimum Gasteiger partial charge on any atom is -0.497 e. The average molecular weight is 417 g/mol. The molecular weight excluding hydrogens is 398 g/mol. The Kier molecular flexibility index (Phi) is 5.41. The fraction of sp³-hybridized carbons (Fsp3) is 0.125. The van der Waals surface area contributed by atoms with Crippen molar-refractivity contribution >= 4 is 16.7 Å². The Morgan fingerprint density at radius 2 is 1.71 bits per heavy atom. The molecule has 0 saturated carbocycles. The predicted molar refractivity (Wildman–Crippen MR) is 117 cm³/mol. The second-order valence-corrected chi connectivity index (χ2v) is 7.03. The van der Waals surface area contributed by atoms with E-state index in [0.29, 0.717) is 33.6 Å². The second kappa shape index (κ2) is 8.31. The van der Waals surface area contributed by atoms with E-state index in [4.69, 9.17) is 13.9 Å². The summed E-state index contributed by atoms with van der Waals surface area (Å²) >= 11 is 0. The monoisotopic (exact) mass is 417 g/mol. The zero-order valence-electron chi connectivity index (χ0n) is 17.0. The summed E-state index contributed by atoms with van der Waals surface area (Å²) in [6, 6.07) is 18.5. The molecule has 7 nitrogen and oxygen atoms in total. The molecule has 0 atom stereocenters. The highest BCUT2D eigenvalue weighted by molar-refractivity contribution is 5.82. The van der Waals surface area contributed by atoms with E-state index < -0.39 is 4.92 Å². The first-order valence-corrected chi connectivity index (χ1v) is 9.54. The Morgan fingerprint density at radius 3 is 2.35 bits per heavy atom. The summed E-state index contributed by atoms with van der Waals surface area (Å²) in [6.45, 7) is 1.96. The Labute approximate surface area is 177 Å². The van der Waals surface area contributed by atoms with Crippen molar-refractivity contribution in [3.05, 3.63) is 98.2 Å². The lowest BCUT2D eigenvalue weighted by Gasteiger charge is -2.12. The summed E-state index contributed by atoms with van der Waals surface area (Å²) in [4.78, 5) is 23.6. The van der Waals surface area contributed by atoms with E-state index in [1.165, 1.54) is 12.1 Å². The number of rotatable bonds is 6. The molecule has 0 aliphatic carbocycles. The van der Waals surface area contributed by atoms with Crippen LogP contribution in [0, 0.1) is 17.0 Å². The molecule has 0 spiro atoms. The van der Waals surface area contributed by atoms with E-state index in [0.717, 1.165) is 5.56 Å². The molecule has 0 amide bonds. The summed E-state index contributed by atoms with van der Waals surface area (Å²) in [5, 5.41) is 11.3. The molecule has 0 unspecified atom stereocenters. The van der Waals surface area contributed by atoms with Crippen LogP contribution in [0.25, 0.3) is 22.3 Å². The highest BCUT2D eigenvalue weighted by atomic mass is 16.6. The fourth-order valence-electron chi connectivity index (χ4n) is 3.22. The number of benzene rings is 3. The molecule has 1 heterocycles. The third-order valence-corrected chi connectivity index (χ3v) is 4.89. The van der Waals surface area contributed by atoms with E-state index in [-0.39, 0.29) is 23.5 Å². The van der Waals surface area contributed by atoms with Gasteiger partial charge in [-0.1, -0.05) is 11.6 Å². The standard InChI is InChI=1S/C24H19NO6/c1-15-3-12-21-20(13-15)22(26)24(23(31-21)17-6-10-19(29-2)11-7-17)30-14-16-4-8-18(9-5-16)25(27)28/h3-13H,14H2,1-2H3. The highest BCUT2D eigenvalue weighted by Gasteiger charge is 2.18. The SMILES string of the molecule is COc1ccc(-c2oc3ccc(C)cc3c(=O)c2OCc2ccc([N+](=O)[O-])cc2)cc1. The van der Waals surface area contributed by atoms with Gasteiger partial charge in [-0.25, -0.2) is 0 Å². The van der Waals surface area contributed by atoms with Gasteiger partial charge >= 0.3 is 0 Å². The normalized spacial score (nSPS) is 10.8. The Bertz CT molecular complexity index is 1310. The van der Waals surface area contributed by atoms with Crippen LogP contribution in [0.1, 0.15) is 11.1 Å². The number of fused-ring (bicyclic) bond motifs is 1. The molecular formula is C24H19NO6. The van der Waals surface area contributed by atoms with E-state index in [1.54, 1.807) is 55.6 Å². The van der Waals surface area contributed by atoms with Crippen molar-refractivity contribution in [3.63, 3.8) is 0 Å². The lowest BCUT2D eigenvalue weighted by molar-refractivity contribution is -0.384. The maximum Gasteiger partial charge on any atom is 0.269 e. The summed E-state index contributed by atoms with van der Waals surface area (Å²) in [7, 11) is 1.58. The predicted octanol–water partition coefficient (Wildman–Crippen LogP) is 5.26. The van der Waals surface area contributed by atoms with Gasteiger partial charge < -0.3 is 13.9 Å². The van der Waals surface area contributed by atoms with Gasteiger partial charge in [0.1, 0.15) is 17.9 Å². The first-order valence-electron chi connectivity index (χ1n) is 9.54. The number of nitro groups is 1. The smallest absolute Gasteiger partial charge is 0.269 e. The Balaban J connectivity index is 1.77. The Hall–Kier alpha value is -4.13. The molecule has 7 heteroatoms. The molecule has 31 heavy (non-hydrogen) atoms. The number of non-ortho nitro benzene ring substituents is 1. The maximum atomic E-state index is 13.3. The molecule has 156 valence electrons. The van der Waals surface area contributed by atoms with E-state index in [1.807, 2.05) is 13.0 Å². The van der Waals surface area contributed by atoms with Gasteiger partial charge in [0.2, 0.25) is 11.2 Å². The van der Waals surface area contributed by atoms with Gasteiger partial charge in [0.15, 0.2) is 5.76 Å². The number of ether oxygens (including phenoxy) is 2. The first-order chi connectivity index (χ1) is 15.0.